The van der Waals surface area contributed by atoms with Gasteiger partial charge in [0.05, 0.1) is 14.5 Å². The Bertz CT molecular complexity index is 386. The lowest BCUT2D eigenvalue weighted by atomic mass is 9.94. The van der Waals surface area contributed by atoms with Crippen LogP contribution in [-0.2, 0) is 0 Å². The zero-order chi connectivity index (χ0) is 16.4. The van der Waals surface area contributed by atoms with Crippen LogP contribution in [0, 0.1) is 0 Å². The number of rotatable bonds is 11. The van der Waals surface area contributed by atoms with E-state index < -0.39 is 0 Å². The van der Waals surface area contributed by atoms with Gasteiger partial charge in [0.2, 0.25) is 0 Å². The number of ether oxygens (including phenoxy) is 1. The van der Waals surface area contributed by atoms with E-state index in [0.29, 0.717) is 11.8 Å². The molecule has 0 amide bonds. The first-order valence-corrected chi connectivity index (χ1v) is 9.03. The Labute approximate surface area is 139 Å². The third kappa shape index (κ3) is 6.46. The van der Waals surface area contributed by atoms with Gasteiger partial charge in [0.1, 0.15) is 5.75 Å². The summed E-state index contributed by atoms with van der Waals surface area (Å²) >= 11 is 0. The third-order valence-electron chi connectivity index (χ3n) is 4.16. The average Bonchev–Trinajstić information content (AvgIpc) is 2.49. The van der Waals surface area contributed by atoms with Crippen LogP contribution in [-0.4, -0.2) is 14.5 Å². The maximum absolute atomic E-state index is 6.20. The molecule has 0 saturated carbocycles. The number of hydrogen-bond donors (Lipinski definition) is 0. The molecule has 2 heteroatoms. The molecule has 0 aliphatic carbocycles. The second-order valence-electron chi connectivity index (χ2n) is 6.83. The summed E-state index contributed by atoms with van der Waals surface area (Å²) in [7, 11) is 5.51. The van der Waals surface area contributed by atoms with Crippen LogP contribution in [0.25, 0.3) is 0 Å². The highest BCUT2D eigenvalue weighted by atomic mass is 16.5. The molecule has 0 fully saturated rings. The molecule has 1 aromatic carbocycles. The molecule has 0 aliphatic heterocycles. The summed E-state index contributed by atoms with van der Waals surface area (Å²) in [5.41, 5.74) is 2.68. The zero-order valence-corrected chi connectivity index (χ0v) is 15.0. The fourth-order valence-corrected chi connectivity index (χ4v) is 2.78. The quantitative estimate of drug-likeness (QED) is 0.347. The molecule has 1 aromatic rings. The van der Waals surface area contributed by atoms with Crippen molar-refractivity contribution in [1.82, 2.24) is 0 Å². The van der Waals surface area contributed by atoms with Gasteiger partial charge in [-0.15, -0.1) is 0 Å². The van der Waals surface area contributed by atoms with Crippen LogP contribution >= 0.6 is 0 Å². The SMILES string of the molecule is [B]CCCCCCCCOc1c(C(C)C)cccc1C(C)C. The molecule has 0 N–H and O–H groups in total. The van der Waals surface area contributed by atoms with Crippen molar-refractivity contribution >= 4 is 7.85 Å². The summed E-state index contributed by atoms with van der Waals surface area (Å²) in [5.74, 6) is 2.14. The minimum absolute atomic E-state index is 0.505. The number of hydrogen-bond acceptors (Lipinski definition) is 1. The Morgan fingerprint density at radius 1 is 0.818 bits per heavy atom. The number of para-hydroxylation sites is 1. The number of benzene rings is 1. The van der Waals surface area contributed by atoms with E-state index in [1.165, 1.54) is 36.8 Å². The molecule has 122 valence electrons. The Hall–Kier alpha value is -0.915. The third-order valence-corrected chi connectivity index (χ3v) is 4.16. The Balaban J connectivity index is 2.47. The average molecular weight is 300 g/mol. The van der Waals surface area contributed by atoms with E-state index in [9.17, 15) is 0 Å². The van der Waals surface area contributed by atoms with E-state index in [1.54, 1.807) is 0 Å². The van der Waals surface area contributed by atoms with Crippen molar-refractivity contribution in [3.8, 4) is 5.75 Å². The van der Waals surface area contributed by atoms with Crippen molar-refractivity contribution in [3.63, 3.8) is 0 Å². The standard InChI is InChI=1S/C20H33BO/c1-16(2)18-12-11-13-19(17(3)4)20(18)22-15-10-8-6-5-7-9-14-21/h11-13,16-17H,5-10,14-15H2,1-4H3. The zero-order valence-electron chi connectivity index (χ0n) is 15.0. The molecule has 1 nitrogen and oxygen atoms in total. The van der Waals surface area contributed by atoms with Gasteiger partial charge in [0.25, 0.3) is 0 Å². The Morgan fingerprint density at radius 2 is 1.32 bits per heavy atom. The molecule has 0 unspecified atom stereocenters. The van der Waals surface area contributed by atoms with Crippen LogP contribution in [0.5, 0.6) is 5.75 Å². The molecular formula is C20H33BO. The van der Waals surface area contributed by atoms with Gasteiger partial charge in [0, 0.05) is 0 Å². The van der Waals surface area contributed by atoms with Crippen molar-refractivity contribution in [1.29, 1.82) is 0 Å². The molecule has 1 rings (SSSR count). The van der Waals surface area contributed by atoms with Gasteiger partial charge in [-0.25, -0.2) is 0 Å². The molecule has 0 spiro atoms. The van der Waals surface area contributed by atoms with E-state index in [1.807, 2.05) is 0 Å². The first-order chi connectivity index (χ1) is 10.6. The lowest BCUT2D eigenvalue weighted by molar-refractivity contribution is 0.296. The fourth-order valence-electron chi connectivity index (χ4n) is 2.78. The molecular weight excluding hydrogens is 267 g/mol. The van der Waals surface area contributed by atoms with Crippen molar-refractivity contribution in [3.05, 3.63) is 29.3 Å². The van der Waals surface area contributed by atoms with Crippen molar-refractivity contribution < 1.29 is 4.74 Å². The van der Waals surface area contributed by atoms with Gasteiger partial charge in [-0.2, -0.15) is 0 Å². The highest BCUT2D eigenvalue weighted by molar-refractivity contribution is 6.08. The smallest absolute Gasteiger partial charge is 0.126 e. The summed E-state index contributed by atoms with van der Waals surface area (Å²) in [4.78, 5) is 0. The molecule has 22 heavy (non-hydrogen) atoms. The minimum Gasteiger partial charge on any atom is -0.493 e. The maximum atomic E-state index is 6.20. The first-order valence-electron chi connectivity index (χ1n) is 9.03. The van der Waals surface area contributed by atoms with Crippen LogP contribution in [0.3, 0.4) is 0 Å². The predicted octanol–water partition coefficient (Wildman–Crippen LogP) is 6.24. The highest BCUT2D eigenvalue weighted by Gasteiger charge is 2.14. The normalized spacial score (nSPS) is 11.4. The van der Waals surface area contributed by atoms with Crippen molar-refractivity contribution in [2.45, 2.75) is 84.4 Å². The summed E-state index contributed by atoms with van der Waals surface area (Å²) in [5, 5.41) is 0. The summed E-state index contributed by atoms with van der Waals surface area (Å²) < 4.78 is 6.20. The molecule has 0 atom stereocenters. The lowest BCUT2D eigenvalue weighted by Crippen LogP contribution is -2.05. The van der Waals surface area contributed by atoms with Crippen LogP contribution in [0.15, 0.2) is 18.2 Å². The number of unbranched alkanes of at least 4 members (excludes halogenated alkanes) is 5. The second kappa shape index (κ2) is 10.8. The van der Waals surface area contributed by atoms with Gasteiger partial charge in [-0.1, -0.05) is 84.3 Å². The molecule has 0 saturated heterocycles. The predicted molar refractivity (Wildman–Crippen MR) is 98.4 cm³/mol. The minimum atomic E-state index is 0.505. The summed E-state index contributed by atoms with van der Waals surface area (Å²) in [6.45, 7) is 9.79. The molecule has 2 radical (unpaired) electrons. The van der Waals surface area contributed by atoms with E-state index in [2.05, 4.69) is 45.9 Å². The van der Waals surface area contributed by atoms with Crippen LogP contribution in [0.4, 0.5) is 0 Å². The van der Waals surface area contributed by atoms with Gasteiger partial charge >= 0.3 is 0 Å². The van der Waals surface area contributed by atoms with Gasteiger partial charge < -0.3 is 4.74 Å². The molecule has 0 aliphatic rings. The molecule has 0 heterocycles. The fraction of sp³-hybridized carbons (Fsp3) is 0.700. The first kappa shape index (κ1) is 19.1. The lowest BCUT2D eigenvalue weighted by Gasteiger charge is -2.20. The van der Waals surface area contributed by atoms with Crippen LogP contribution in [0.2, 0.25) is 6.32 Å². The highest BCUT2D eigenvalue weighted by Crippen LogP contribution is 2.34. The molecule has 0 aromatic heterocycles. The van der Waals surface area contributed by atoms with E-state index in [-0.39, 0.29) is 0 Å². The maximum Gasteiger partial charge on any atom is 0.126 e. The van der Waals surface area contributed by atoms with Crippen LogP contribution < -0.4 is 4.74 Å². The largest absolute Gasteiger partial charge is 0.493 e. The summed E-state index contributed by atoms with van der Waals surface area (Å²) in [6.07, 6.45) is 8.26. The van der Waals surface area contributed by atoms with Crippen molar-refractivity contribution in [2.24, 2.45) is 0 Å². The molecule has 0 bridgehead atoms. The van der Waals surface area contributed by atoms with E-state index >= 15 is 0 Å². The van der Waals surface area contributed by atoms with E-state index in [4.69, 9.17) is 12.6 Å². The van der Waals surface area contributed by atoms with E-state index in [0.717, 1.165) is 31.5 Å². The Kier molecular flexibility index (Phi) is 9.35. The van der Waals surface area contributed by atoms with Gasteiger partial charge in [-0.3, -0.25) is 0 Å². The van der Waals surface area contributed by atoms with Gasteiger partial charge in [-0.05, 0) is 29.4 Å². The van der Waals surface area contributed by atoms with Crippen LogP contribution in [0.1, 0.15) is 89.2 Å². The topological polar surface area (TPSA) is 9.23 Å². The van der Waals surface area contributed by atoms with Crippen molar-refractivity contribution in [2.75, 3.05) is 6.61 Å². The second-order valence-corrected chi connectivity index (χ2v) is 6.83. The van der Waals surface area contributed by atoms with Gasteiger partial charge in [0.15, 0.2) is 0 Å². The Morgan fingerprint density at radius 3 is 1.82 bits per heavy atom. The monoisotopic (exact) mass is 300 g/mol. The summed E-state index contributed by atoms with van der Waals surface area (Å²) in [6, 6.07) is 6.58.